The second-order valence-electron chi connectivity index (χ2n) is 6.85. The number of carbonyl (C=O) groups excluding carboxylic acids is 1. The predicted molar refractivity (Wildman–Crippen MR) is 96.2 cm³/mol. The fourth-order valence-electron chi connectivity index (χ4n) is 3.90. The predicted octanol–water partition coefficient (Wildman–Crippen LogP) is 0.693. The first kappa shape index (κ1) is 19.3. The van der Waals surface area contributed by atoms with E-state index in [-0.39, 0.29) is 28.9 Å². The summed E-state index contributed by atoms with van der Waals surface area (Å²) in [6, 6.07) is 6.73. The number of fused-ring (bicyclic) bond motifs is 1. The number of benzene rings is 1. The number of amides is 1. The molecule has 2 fully saturated rings. The molecule has 1 saturated heterocycles. The van der Waals surface area contributed by atoms with Crippen molar-refractivity contribution in [1.82, 2.24) is 10.0 Å². The highest BCUT2D eigenvalue weighted by atomic mass is 32.2. The van der Waals surface area contributed by atoms with E-state index in [4.69, 9.17) is 9.47 Å². The maximum atomic E-state index is 12.3. The Balaban J connectivity index is 1.51. The van der Waals surface area contributed by atoms with Gasteiger partial charge in [0.05, 0.1) is 17.6 Å². The Bertz CT molecular complexity index is 734. The third kappa shape index (κ3) is 3.93. The van der Waals surface area contributed by atoms with Gasteiger partial charge in [-0.25, -0.2) is 13.1 Å². The fourth-order valence-corrected chi connectivity index (χ4v) is 4.63. The molecular weight excluding hydrogens is 356 g/mol. The van der Waals surface area contributed by atoms with Gasteiger partial charge in [0.2, 0.25) is 15.9 Å². The Morgan fingerprint density at radius 1 is 1.31 bits per heavy atom. The number of nitrogens with one attached hydrogen (secondary N) is 2. The summed E-state index contributed by atoms with van der Waals surface area (Å²) in [4.78, 5) is 12.6. The normalized spacial score (nSPS) is 27.6. The molecule has 1 aromatic carbocycles. The Morgan fingerprint density at radius 3 is 2.69 bits per heavy atom. The molecule has 1 saturated carbocycles. The number of sulfonamides is 1. The van der Waals surface area contributed by atoms with Crippen molar-refractivity contribution in [2.75, 3.05) is 27.4 Å². The van der Waals surface area contributed by atoms with Crippen LogP contribution in [0.2, 0.25) is 0 Å². The highest BCUT2D eigenvalue weighted by Gasteiger charge is 2.54. The Morgan fingerprint density at radius 2 is 2.04 bits per heavy atom. The summed E-state index contributed by atoms with van der Waals surface area (Å²) >= 11 is 0. The van der Waals surface area contributed by atoms with E-state index in [0.29, 0.717) is 25.4 Å². The summed E-state index contributed by atoms with van der Waals surface area (Å²) in [5.74, 6) is 0.626. The van der Waals surface area contributed by atoms with Crippen molar-refractivity contribution in [2.24, 2.45) is 11.8 Å². The monoisotopic (exact) mass is 382 g/mol. The van der Waals surface area contributed by atoms with E-state index in [0.717, 1.165) is 18.6 Å². The first-order valence-corrected chi connectivity index (χ1v) is 10.4. The molecule has 1 heterocycles. The van der Waals surface area contributed by atoms with E-state index in [9.17, 15) is 13.2 Å². The van der Waals surface area contributed by atoms with Crippen molar-refractivity contribution in [1.29, 1.82) is 0 Å². The zero-order valence-electron chi connectivity index (χ0n) is 15.1. The van der Waals surface area contributed by atoms with E-state index >= 15 is 0 Å². The molecular formula is C18H26N2O5S. The zero-order valence-corrected chi connectivity index (χ0v) is 15.9. The van der Waals surface area contributed by atoms with E-state index in [1.165, 1.54) is 7.05 Å². The largest absolute Gasteiger partial charge is 0.384 e. The first-order chi connectivity index (χ1) is 12.5. The molecule has 1 aliphatic carbocycles. The minimum absolute atomic E-state index is 0.00776. The van der Waals surface area contributed by atoms with Crippen LogP contribution in [0.1, 0.15) is 18.4 Å². The van der Waals surface area contributed by atoms with Crippen molar-refractivity contribution < 1.29 is 22.7 Å². The van der Waals surface area contributed by atoms with Crippen LogP contribution >= 0.6 is 0 Å². The maximum Gasteiger partial charge on any atom is 0.240 e. The molecule has 0 bridgehead atoms. The minimum Gasteiger partial charge on any atom is -0.384 e. The highest BCUT2D eigenvalue weighted by molar-refractivity contribution is 7.89. The van der Waals surface area contributed by atoms with Gasteiger partial charge in [0.25, 0.3) is 0 Å². The zero-order chi connectivity index (χ0) is 18.7. The lowest BCUT2D eigenvalue weighted by molar-refractivity contribution is -0.129. The quantitative estimate of drug-likeness (QED) is 0.690. The molecule has 144 valence electrons. The molecule has 0 radical (unpaired) electrons. The van der Waals surface area contributed by atoms with Gasteiger partial charge in [-0.2, -0.15) is 0 Å². The molecule has 2 aliphatic rings. The van der Waals surface area contributed by atoms with E-state index in [1.54, 1.807) is 31.4 Å². The Hall–Kier alpha value is -1.48. The lowest BCUT2D eigenvalue weighted by Crippen LogP contribution is -2.62. The molecule has 4 atom stereocenters. The summed E-state index contributed by atoms with van der Waals surface area (Å²) in [5, 5.41) is 3.13. The van der Waals surface area contributed by atoms with Crippen molar-refractivity contribution >= 4 is 15.9 Å². The molecule has 3 rings (SSSR count). The number of carbonyl (C=O) groups is 1. The third-order valence-corrected chi connectivity index (χ3v) is 6.79. The molecule has 26 heavy (non-hydrogen) atoms. The van der Waals surface area contributed by atoms with Crippen LogP contribution in [0.25, 0.3) is 0 Å². The number of hydrogen-bond acceptors (Lipinski definition) is 5. The molecule has 7 nitrogen and oxygen atoms in total. The van der Waals surface area contributed by atoms with Crippen LogP contribution in [0.4, 0.5) is 0 Å². The van der Waals surface area contributed by atoms with Crippen LogP contribution in [-0.4, -0.2) is 53.8 Å². The van der Waals surface area contributed by atoms with Crippen LogP contribution in [0.3, 0.4) is 0 Å². The van der Waals surface area contributed by atoms with E-state index < -0.39 is 10.0 Å². The molecule has 1 aliphatic heterocycles. The van der Waals surface area contributed by atoms with Crippen LogP contribution < -0.4 is 10.0 Å². The standard InChI is InChI=1S/C18H26N2O5S/c1-19-26(22,23)13-6-3-12(4-7-13)5-8-16(21)20-17-14-9-10-25-18(14)15(17)11-24-2/h3-4,6-7,14-15,17-19H,5,8-11H2,1-2H3,(H,20,21)/t14-,15-,17-,18-/m0/s1. The summed E-state index contributed by atoms with van der Waals surface area (Å²) in [7, 11) is -0.385. The van der Waals surface area contributed by atoms with Crippen LogP contribution in [0.15, 0.2) is 29.2 Å². The lowest BCUT2D eigenvalue weighted by Gasteiger charge is -2.47. The molecule has 1 aromatic rings. The second kappa shape index (κ2) is 8.04. The van der Waals surface area contributed by atoms with Crippen molar-refractivity contribution in [2.45, 2.75) is 36.3 Å². The summed E-state index contributed by atoms with van der Waals surface area (Å²) in [6.45, 7) is 1.34. The number of methoxy groups -OCH3 is 1. The smallest absolute Gasteiger partial charge is 0.240 e. The van der Waals surface area contributed by atoms with Crippen LogP contribution in [0, 0.1) is 11.8 Å². The molecule has 1 amide bonds. The molecule has 2 N–H and O–H groups in total. The summed E-state index contributed by atoms with van der Waals surface area (Å²) < 4.78 is 36.7. The minimum atomic E-state index is -3.43. The van der Waals surface area contributed by atoms with Gasteiger partial charge < -0.3 is 14.8 Å². The maximum absolute atomic E-state index is 12.3. The van der Waals surface area contributed by atoms with Gasteiger partial charge in [0, 0.05) is 38.0 Å². The van der Waals surface area contributed by atoms with Crippen molar-refractivity contribution in [3.63, 3.8) is 0 Å². The van der Waals surface area contributed by atoms with Gasteiger partial charge in [0.1, 0.15) is 0 Å². The number of hydrogen-bond donors (Lipinski definition) is 2. The van der Waals surface area contributed by atoms with Gasteiger partial charge in [-0.15, -0.1) is 0 Å². The van der Waals surface area contributed by atoms with Crippen molar-refractivity contribution in [3.8, 4) is 0 Å². The summed E-state index contributed by atoms with van der Waals surface area (Å²) in [6.07, 6.45) is 2.13. The fraction of sp³-hybridized carbons (Fsp3) is 0.611. The molecule has 0 spiro atoms. The van der Waals surface area contributed by atoms with E-state index in [1.807, 2.05) is 0 Å². The van der Waals surface area contributed by atoms with Gasteiger partial charge >= 0.3 is 0 Å². The highest BCUT2D eigenvalue weighted by Crippen LogP contribution is 2.43. The van der Waals surface area contributed by atoms with Gasteiger partial charge in [0.15, 0.2) is 0 Å². The SMILES string of the molecule is CNS(=O)(=O)c1ccc(CCC(=O)N[C@H]2[C@@H]3CCO[C@@H]3[C@H]2COC)cc1. The summed E-state index contributed by atoms with van der Waals surface area (Å²) in [5.41, 5.74) is 0.930. The molecule has 0 aromatic heterocycles. The second-order valence-corrected chi connectivity index (χ2v) is 8.74. The molecule has 8 heteroatoms. The third-order valence-electron chi connectivity index (χ3n) is 5.36. The van der Waals surface area contributed by atoms with E-state index in [2.05, 4.69) is 10.0 Å². The average molecular weight is 382 g/mol. The number of rotatable bonds is 8. The van der Waals surface area contributed by atoms with Crippen molar-refractivity contribution in [3.05, 3.63) is 29.8 Å². The Labute approximate surface area is 154 Å². The van der Waals surface area contributed by atoms with Gasteiger partial charge in [-0.3, -0.25) is 4.79 Å². The number of ether oxygens (including phenoxy) is 2. The van der Waals surface area contributed by atoms with Gasteiger partial charge in [-0.05, 0) is 37.6 Å². The van der Waals surface area contributed by atoms with Gasteiger partial charge in [-0.1, -0.05) is 12.1 Å². The van der Waals surface area contributed by atoms with Crippen LogP contribution in [0.5, 0.6) is 0 Å². The number of aryl methyl sites for hydroxylation is 1. The Kier molecular flexibility index (Phi) is 5.96. The lowest BCUT2D eigenvalue weighted by atomic mass is 9.67. The average Bonchev–Trinajstić information content (AvgIpc) is 3.07. The first-order valence-electron chi connectivity index (χ1n) is 8.88. The van der Waals surface area contributed by atoms with Crippen LogP contribution in [-0.2, 0) is 30.7 Å². The molecule has 0 unspecified atom stereocenters. The topological polar surface area (TPSA) is 93.7 Å².